The number of hydrogen-bond acceptors (Lipinski definition) is 4. The van der Waals surface area contributed by atoms with Crippen molar-refractivity contribution in [3.05, 3.63) is 90.3 Å². The molecule has 1 N–H and O–H groups in total. The van der Waals surface area contributed by atoms with Gasteiger partial charge >= 0.3 is 5.97 Å². The highest BCUT2D eigenvalue weighted by atomic mass is 35.5. The Kier molecular flexibility index (Phi) is 8.65. The minimum Gasteiger partial charge on any atom is -0.457 e. The summed E-state index contributed by atoms with van der Waals surface area (Å²) in [7, 11) is 0. The van der Waals surface area contributed by atoms with E-state index in [1.807, 2.05) is 54.6 Å². The van der Waals surface area contributed by atoms with Crippen molar-refractivity contribution in [1.29, 1.82) is 0 Å². The predicted octanol–water partition coefficient (Wildman–Crippen LogP) is 4.89. The zero-order valence-corrected chi connectivity index (χ0v) is 17.5. The van der Waals surface area contributed by atoms with Crippen molar-refractivity contribution in [2.45, 2.75) is 18.4 Å². The SMILES string of the molecule is Cl.Cl.O=C(O[C@@H]1CNCC[C@H]1c1ccccc1)c1ccc(-c2ccncc2)cc1. The number of carbonyl (C=O) groups excluding carboxylic acids is 1. The predicted molar refractivity (Wildman–Crippen MR) is 120 cm³/mol. The summed E-state index contributed by atoms with van der Waals surface area (Å²) in [4.78, 5) is 16.7. The van der Waals surface area contributed by atoms with E-state index < -0.39 is 0 Å². The molecule has 4 rings (SSSR count). The third-order valence-electron chi connectivity index (χ3n) is 5.05. The van der Waals surface area contributed by atoms with E-state index in [-0.39, 0.29) is 42.8 Å². The van der Waals surface area contributed by atoms with E-state index in [4.69, 9.17) is 4.74 Å². The first kappa shape index (κ1) is 22.9. The molecule has 2 aromatic carbocycles. The van der Waals surface area contributed by atoms with Gasteiger partial charge < -0.3 is 10.1 Å². The number of pyridine rings is 1. The van der Waals surface area contributed by atoms with Crippen molar-refractivity contribution < 1.29 is 9.53 Å². The van der Waals surface area contributed by atoms with Gasteiger partial charge in [-0.25, -0.2) is 4.79 Å². The van der Waals surface area contributed by atoms with Gasteiger partial charge in [0.05, 0.1) is 5.56 Å². The van der Waals surface area contributed by atoms with E-state index in [2.05, 4.69) is 22.4 Å². The van der Waals surface area contributed by atoms with Crippen molar-refractivity contribution >= 4 is 30.8 Å². The lowest BCUT2D eigenvalue weighted by atomic mass is 9.88. The van der Waals surface area contributed by atoms with E-state index in [0.717, 1.165) is 24.1 Å². The van der Waals surface area contributed by atoms with Crippen LogP contribution in [0.2, 0.25) is 0 Å². The number of ether oxygens (including phenoxy) is 1. The first-order chi connectivity index (χ1) is 13.3. The van der Waals surface area contributed by atoms with Gasteiger partial charge in [0.1, 0.15) is 6.10 Å². The maximum Gasteiger partial charge on any atom is 0.338 e. The third kappa shape index (κ3) is 5.57. The minimum absolute atomic E-state index is 0. The highest BCUT2D eigenvalue weighted by Gasteiger charge is 2.29. The lowest BCUT2D eigenvalue weighted by molar-refractivity contribution is 0.0182. The molecule has 1 fully saturated rings. The molecule has 6 heteroatoms. The number of carbonyl (C=O) groups is 1. The lowest BCUT2D eigenvalue weighted by Crippen LogP contribution is -2.42. The van der Waals surface area contributed by atoms with Crippen LogP contribution in [0.25, 0.3) is 11.1 Å². The number of rotatable bonds is 4. The smallest absolute Gasteiger partial charge is 0.338 e. The molecular formula is C23H24Cl2N2O2. The van der Waals surface area contributed by atoms with Crippen LogP contribution in [-0.2, 0) is 4.74 Å². The second-order valence-corrected chi connectivity index (χ2v) is 6.77. The molecular weight excluding hydrogens is 407 g/mol. The Hall–Kier alpha value is -2.40. The average molecular weight is 431 g/mol. The summed E-state index contributed by atoms with van der Waals surface area (Å²) in [6.45, 7) is 1.62. The number of hydrogen-bond donors (Lipinski definition) is 1. The third-order valence-corrected chi connectivity index (χ3v) is 5.05. The second kappa shape index (κ2) is 11.0. The molecule has 2 atom stereocenters. The summed E-state index contributed by atoms with van der Waals surface area (Å²) < 4.78 is 5.88. The first-order valence-electron chi connectivity index (χ1n) is 9.28. The van der Waals surface area contributed by atoms with E-state index in [0.29, 0.717) is 12.1 Å². The highest BCUT2D eigenvalue weighted by molar-refractivity contribution is 5.90. The van der Waals surface area contributed by atoms with Crippen molar-refractivity contribution in [2.75, 3.05) is 13.1 Å². The van der Waals surface area contributed by atoms with Crippen molar-refractivity contribution in [3.63, 3.8) is 0 Å². The topological polar surface area (TPSA) is 51.2 Å². The van der Waals surface area contributed by atoms with Gasteiger partial charge in [-0.05, 0) is 53.9 Å². The normalized spacial score (nSPS) is 18.1. The number of esters is 1. The Bertz CT molecular complexity index is 890. The van der Waals surface area contributed by atoms with Crippen molar-refractivity contribution in [2.24, 2.45) is 0 Å². The molecule has 4 nitrogen and oxygen atoms in total. The first-order valence-corrected chi connectivity index (χ1v) is 9.28. The Morgan fingerprint density at radius 1 is 0.897 bits per heavy atom. The van der Waals surface area contributed by atoms with Crippen LogP contribution in [0.15, 0.2) is 79.1 Å². The zero-order chi connectivity index (χ0) is 18.5. The fourth-order valence-electron chi connectivity index (χ4n) is 3.58. The fourth-order valence-corrected chi connectivity index (χ4v) is 3.58. The molecule has 152 valence electrons. The quantitative estimate of drug-likeness (QED) is 0.598. The molecule has 0 bridgehead atoms. The second-order valence-electron chi connectivity index (χ2n) is 6.77. The van der Waals surface area contributed by atoms with Crippen LogP contribution in [0.5, 0.6) is 0 Å². The molecule has 1 saturated heterocycles. The van der Waals surface area contributed by atoms with Gasteiger partial charge in [-0.3, -0.25) is 4.98 Å². The minimum atomic E-state index is -0.272. The van der Waals surface area contributed by atoms with E-state index in [9.17, 15) is 4.79 Å². The fraction of sp³-hybridized carbons (Fsp3) is 0.217. The van der Waals surface area contributed by atoms with Crippen LogP contribution in [0.3, 0.4) is 0 Å². The maximum atomic E-state index is 12.7. The van der Waals surface area contributed by atoms with Gasteiger partial charge in [0.15, 0.2) is 0 Å². The molecule has 1 aliphatic heterocycles. The summed E-state index contributed by atoms with van der Waals surface area (Å²) in [5.74, 6) is -0.0431. The number of piperidine rings is 1. The Labute approximate surface area is 183 Å². The van der Waals surface area contributed by atoms with E-state index >= 15 is 0 Å². The largest absolute Gasteiger partial charge is 0.457 e. The molecule has 3 aromatic rings. The number of halogens is 2. The van der Waals surface area contributed by atoms with Crippen LogP contribution >= 0.6 is 24.8 Å². The molecule has 29 heavy (non-hydrogen) atoms. The molecule has 1 aliphatic rings. The molecule has 0 aliphatic carbocycles. The summed E-state index contributed by atoms with van der Waals surface area (Å²) in [6.07, 6.45) is 4.32. The van der Waals surface area contributed by atoms with Crippen LogP contribution in [0, 0.1) is 0 Å². The van der Waals surface area contributed by atoms with Crippen molar-refractivity contribution in [3.8, 4) is 11.1 Å². The summed E-state index contributed by atoms with van der Waals surface area (Å²) in [6, 6.07) is 21.7. The van der Waals surface area contributed by atoms with Gasteiger partial charge in [-0.2, -0.15) is 0 Å². The van der Waals surface area contributed by atoms with Gasteiger partial charge in [-0.15, -0.1) is 24.8 Å². The highest BCUT2D eigenvalue weighted by Crippen LogP contribution is 2.28. The van der Waals surface area contributed by atoms with Gasteiger partial charge in [0, 0.05) is 24.9 Å². The number of nitrogens with one attached hydrogen (secondary N) is 1. The summed E-state index contributed by atoms with van der Waals surface area (Å²) in [5.41, 5.74) is 3.93. The Morgan fingerprint density at radius 3 is 2.24 bits per heavy atom. The molecule has 0 saturated carbocycles. The van der Waals surface area contributed by atoms with Crippen LogP contribution in [0.1, 0.15) is 28.3 Å². The molecule has 0 spiro atoms. The number of aromatic nitrogens is 1. The maximum absolute atomic E-state index is 12.7. The summed E-state index contributed by atoms with van der Waals surface area (Å²) in [5, 5.41) is 3.34. The molecule has 0 amide bonds. The summed E-state index contributed by atoms with van der Waals surface area (Å²) >= 11 is 0. The van der Waals surface area contributed by atoms with Gasteiger partial charge in [0.25, 0.3) is 0 Å². The molecule has 2 heterocycles. The van der Waals surface area contributed by atoms with E-state index in [1.54, 1.807) is 12.4 Å². The zero-order valence-electron chi connectivity index (χ0n) is 15.9. The number of benzene rings is 2. The monoisotopic (exact) mass is 430 g/mol. The standard InChI is InChI=1S/C23H22N2O2.2ClH/c26-23(20-8-6-17(7-9-20)18-10-13-24-14-11-18)27-22-16-25-15-12-21(22)19-4-2-1-3-5-19;;/h1-11,13-14,21-22,25H,12,15-16H2;2*1H/t21-,22+;;/m0../s1. The van der Waals surface area contributed by atoms with Crippen molar-refractivity contribution in [1.82, 2.24) is 10.3 Å². The Morgan fingerprint density at radius 2 is 1.55 bits per heavy atom. The molecule has 1 aromatic heterocycles. The molecule has 0 unspecified atom stereocenters. The number of nitrogens with zero attached hydrogens (tertiary/aromatic N) is 1. The van der Waals surface area contributed by atoms with Crippen LogP contribution in [-0.4, -0.2) is 30.1 Å². The van der Waals surface area contributed by atoms with E-state index in [1.165, 1.54) is 5.56 Å². The molecule has 0 radical (unpaired) electrons. The average Bonchev–Trinajstić information content (AvgIpc) is 2.75. The van der Waals surface area contributed by atoms with Crippen LogP contribution in [0.4, 0.5) is 0 Å². The van der Waals surface area contributed by atoms with Crippen LogP contribution < -0.4 is 5.32 Å². The Balaban J connectivity index is 0.00000150. The van der Waals surface area contributed by atoms with Gasteiger partial charge in [-0.1, -0.05) is 42.5 Å². The lowest BCUT2D eigenvalue weighted by Gasteiger charge is -2.32. The van der Waals surface area contributed by atoms with Gasteiger partial charge in [0.2, 0.25) is 0 Å².